The van der Waals surface area contributed by atoms with E-state index in [9.17, 15) is 9.59 Å². The Morgan fingerprint density at radius 3 is 2.41 bits per heavy atom. The van der Waals surface area contributed by atoms with E-state index in [-0.39, 0.29) is 19.6 Å². The van der Waals surface area contributed by atoms with Crippen molar-refractivity contribution in [1.82, 2.24) is 4.90 Å². The topological polar surface area (TPSA) is 81.9 Å². The highest BCUT2D eigenvalue weighted by Gasteiger charge is 2.85. The number of hydrogen-bond acceptors (Lipinski definition) is 6. The molecule has 160 valence electrons. The zero-order valence-electron chi connectivity index (χ0n) is 16.6. The molecule has 0 spiro atoms. The van der Waals surface area contributed by atoms with Crippen LogP contribution in [-0.4, -0.2) is 54.3 Å². The number of halogens is 3. The number of ether oxygens (including phenoxy) is 2. The number of carbonyl (C=O) groups is 2. The highest BCUT2D eigenvalue weighted by Crippen LogP contribution is 2.67. The standard InChI is InChI=1S/C20H25Cl2FN2O4/c1-4-28-17(26)19(23)12-9-15(20(24,16(12)19)18(27)29-5-2)25(3)10-11-6-7-13(21)14(22)8-11/h6-8,12,15-16H,4-5,9-10,24H2,1-3H3/t12?,15-,16+,19-,20+/m1/s1. The summed E-state index contributed by atoms with van der Waals surface area (Å²) >= 11 is 12.1. The maximum Gasteiger partial charge on any atom is 0.344 e. The van der Waals surface area contributed by atoms with E-state index in [1.807, 2.05) is 11.0 Å². The predicted molar refractivity (Wildman–Crippen MR) is 107 cm³/mol. The Bertz CT molecular complexity index is 826. The number of rotatable bonds is 7. The second-order valence-electron chi connectivity index (χ2n) is 7.64. The van der Waals surface area contributed by atoms with E-state index >= 15 is 4.39 Å². The number of carbonyl (C=O) groups excluding carboxylic acids is 2. The summed E-state index contributed by atoms with van der Waals surface area (Å²) in [7, 11) is 1.79. The van der Waals surface area contributed by atoms with Crippen LogP contribution in [-0.2, 0) is 25.6 Å². The third-order valence-electron chi connectivity index (χ3n) is 5.99. The van der Waals surface area contributed by atoms with Crippen LogP contribution in [0.4, 0.5) is 4.39 Å². The van der Waals surface area contributed by atoms with Gasteiger partial charge in [-0.3, -0.25) is 4.90 Å². The SMILES string of the molecule is CCOC(=O)[C@@]1(N)[C@H]2C(C[C@H]1N(C)Cc1ccc(Cl)c(Cl)c1)[C@]2(F)C(=O)OCC. The molecule has 0 aromatic heterocycles. The maximum atomic E-state index is 15.4. The molecule has 0 aliphatic heterocycles. The third-order valence-corrected chi connectivity index (χ3v) is 6.73. The average Bonchev–Trinajstić information content (AvgIpc) is 3.13. The summed E-state index contributed by atoms with van der Waals surface area (Å²) in [5.41, 5.74) is 3.48. The van der Waals surface area contributed by atoms with Crippen LogP contribution in [0.5, 0.6) is 0 Å². The molecule has 0 saturated heterocycles. The van der Waals surface area contributed by atoms with Gasteiger partial charge in [0.15, 0.2) is 0 Å². The fourth-order valence-electron chi connectivity index (χ4n) is 4.68. The number of nitrogens with zero attached hydrogens (tertiary/aromatic N) is 1. The molecule has 2 aliphatic rings. The zero-order valence-corrected chi connectivity index (χ0v) is 18.1. The van der Waals surface area contributed by atoms with Crippen molar-refractivity contribution < 1.29 is 23.5 Å². The fourth-order valence-corrected chi connectivity index (χ4v) is 5.00. The highest BCUT2D eigenvalue weighted by atomic mass is 35.5. The smallest absolute Gasteiger partial charge is 0.344 e. The molecule has 2 saturated carbocycles. The molecule has 0 radical (unpaired) electrons. The molecule has 1 aromatic rings. The van der Waals surface area contributed by atoms with Gasteiger partial charge in [0.2, 0.25) is 5.67 Å². The van der Waals surface area contributed by atoms with Gasteiger partial charge in [-0.1, -0.05) is 29.3 Å². The van der Waals surface area contributed by atoms with Gasteiger partial charge < -0.3 is 15.2 Å². The summed E-state index contributed by atoms with van der Waals surface area (Å²) < 4.78 is 25.5. The summed E-state index contributed by atoms with van der Waals surface area (Å²) in [5.74, 6) is -3.33. The Labute approximate surface area is 179 Å². The van der Waals surface area contributed by atoms with Crippen molar-refractivity contribution in [2.24, 2.45) is 17.6 Å². The summed E-state index contributed by atoms with van der Waals surface area (Å²) in [4.78, 5) is 26.9. The Hall–Kier alpha value is -1.41. The van der Waals surface area contributed by atoms with Gasteiger partial charge in [0.1, 0.15) is 5.54 Å². The van der Waals surface area contributed by atoms with Crippen molar-refractivity contribution in [3.63, 3.8) is 0 Å². The average molecular weight is 447 g/mol. The maximum absolute atomic E-state index is 15.4. The van der Waals surface area contributed by atoms with Crippen LogP contribution in [0.15, 0.2) is 18.2 Å². The molecular formula is C20H25Cl2FN2O4. The number of nitrogens with two attached hydrogens (primary N) is 1. The number of alkyl halides is 1. The van der Waals surface area contributed by atoms with Crippen molar-refractivity contribution in [3.05, 3.63) is 33.8 Å². The molecule has 5 atom stereocenters. The molecule has 2 fully saturated rings. The molecule has 0 heterocycles. The predicted octanol–water partition coefficient (Wildman–Crippen LogP) is 2.98. The minimum absolute atomic E-state index is 0.0571. The van der Waals surface area contributed by atoms with Crippen LogP contribution in [0.2, 0.25) is 10.0 Å². The molecule has 0 amide bonds. The molecule has 9 heteroatoms. The molecule has 3 rings (SSSR count). The van der Waals surface area contributed by atoms with Gasteiger partial charge in [0, 0.05) is 24.4 Å². The first-order chi connectivity index (χ1) is 13.6. The van der Waals surface area contributed by atoms with Crippen LogP contribution < -0.4 is 5.73 Å². The lowest BCUT2D eigenvalue weighted by atomic mass is 9.85. The van der Waals surface area contributed by atoms with Crippen LogP contribution in [0.1, 0.15) is 25.8 Å². The number of likely N-dealkylation sites (N-methyl/N-ethyl adjacent to an activating group) is 1. The van der Waals surface area contributed by atoms with Crippen molar-refractivity contribution in [2.75, 3.05) is 20.3 Å². The molecule has 2 aliphatic carbocycles. The van der Waals surface area contributed by atoms with Gasteiger partial charge in [0.25, 0.3) is 0 Å². The third kappa shape index (κ3) is 3.52. The second-order valence-corrected chi connectivity index (χ2v) is 8.46. The summed E-state index contributed by atoms with van der Waals surface area (Å²) in [5, 5.41) is 0.859. The van der Waals surface area contributed by atoms with E-state index < -0.39 is 41.0 Å². The molecule has 1 unspecified atom stereocenters. The minimum atomic E-state index is -2.25. The highest BCUT2D eigenvalue weighted by molar-refractivity contribution is 6.42. The Morgan fingerprint density at radius 1 is 1.21 bits per heavy atom. The van der Waals surface area contributed by atoms with E-state index in [0.717, 1.165) is 5.56 Å². The second kappa shape index (κ2) is 8.02. The molecule has 2 N–H and O–H groups in total. The summed E-state index contributed by atoms with van der Waals surface area (Å²) in [6, 6.07) is 4.73. The van der Waals surface area contributed by atoms with E-state index in [0.29, 0.717) is 16.6 Å². The van der Waals surface area contributed by atoms with Gasteiger partial charge in [-0.05, 0) is 45.0 Å². The number of benzene rings is 1. The summed E-state index contributed by atoms with van der Waals surface area (Å²) in [6.07, 6.45) is 0.243. The van der Waals surface area contributed by atoms with Crippen molar-refractivity contribution in [3.8, 4) is 0 Å². The zero-order chi connectivity index (χ0) is 21.6. The Kier molecular flexibility index (Phi) is 6.16. The summed E-state index contributed by atoms with van der Waals surface area (Å²) in [6.45, 7) is 3.84. The van der Waals surface area contributed by atoms with Gasteiger partial charge in [0.05, 0.1) is 23.3 Å². The van der Waals surface area contributed by atoms with Crippen molar-refractivity contribution >= 4 is 35.1 Å². The van der Waals surface area contributed by atoms with Crippen LogP contribution >= 0.6 is 23.2 Å². The number of hydrogen-bond donors (Lipinski definition) is 1. The van der Waals surface area contributed by atoms with E-state index in [2.05, 4.69) is 0 Å². The lowest BCUT2D eigenvalue weighted by Crippen LogP contribution is -2.64. The van der Waals surface area contributed by atoms with Gasteiger partial charge in [-0.2, -0.15) is 0 Å². The molecular weight excluding hydrogens is 422 g/mol. The first kappa shape index (κ1) is 22.3. The van der Waals surface area contributed by atoms with Crippen molar-refractivity contribution in [1.29, 1.82) is 0 Å². The molecule has 29 heavy (non-hydrogen) atoms. The quantitative estimate of drug-likeness (QED) is 0.648. The lowest BCUT2D eigenvalue weighted by molar-refractivity contribution is -0.158. The van der Waals surface area contributed by atoms with Gasteiger partial charge in [-0.25, -0.2) is 14.0 Å². The lowest BCUT2D eigenvalue weighted by Gasteiger charge is -2.39. The van der Waals surface area contributed by atoms with Gasteiger partial charge >= 0.3 is 11.9 Å². The Morgan fingerprint density at radius 2 is 1.83 bits per heavy atom. The van der Waals surface area contributed by atoms with Crippen LogP contribution in [0.3, 0.4) is 0 Å². The van der Waals surface area contributed by atoms with E-state index in [1.165, 1.54) is 0 Å². The minimum Gasteiger partial charge on any atom is -0.465 e. The van der Waals surface area contributed by atoms with Crippen LogP contribution in [0, 0.1) is 11.8 Å². The van der Waals surface area contributed by atoms with Crippen LogP contribution in [0.25, 0.3) is 0 Å². The number of fused-ring (bicyclic) bond motifs is 1. The van der Waals surface area contributed by atoms with E-state index in [4.69, 9.17) is 38.4 Å². The van der Waals surface area contributed by atoms with Crippen molar-refractivity contribution in [2.45, 2.75) is 44.1 Å². The normalized spacial score (nSPS) is 32.8. The first-order valence-corrected chi connectivity index (χ1v) is 10.3. The monoisotopic (exact) mass is 446 g/mol. The van der Waals surface area contributed by atoms with E-state index in [1.54, 1.807) is 33.0 Å². The number of esters is 2. The fraction of sp³-hybridized carbons (Fsp3) is 0.600. The Balaban J connectivity index is 1.86. The largest absolute Gasteiger partial charge is 0.465 e. The first-order valence-electron chi connectivity index (χ1n) is 9.58. The molecule has 0 bridgehead atoms. The van der Waals surface area contributed by atoms with Gasteiger partial charge in [-0.15, -0.1) is 0 Å². The molecule has 6 nitrogen and oxygen atoms in total. The molecule has 1 aromatic carbocycles.